The van der Waals surface area contributed by atoms with E-state index in [0.717, 1.165) is 43.8 Å². The average molecular weight is 416 g/mol. The number of rotatable bonds is 2. The van der Waals surface area contributed by atoms with E-state index in [1.165, 1.54) is 0 Å². The predicted molar refractivity (Wildman–Crippen MR) is 130 cm³/mol. The lowest BCUT2D eigenvalue weighted by atomic mass is 10.0. The van der Waals surface area contributed by atoms with Crippen molar-refractivity contribution in [3.05, 3.63) is 95.6 Å². The largest absolute Gasteiger partial charge is 0.456 e. The third-order valence-corrected chi connectivity index (χ3v) is 5.59. The highest BCUT2D eigenvalue weighted by Gasteiger charge is 2.17. The first-order valence-electron chi connectivity index (χ1n) is 10.3. The van der Waals surface area contributed by atoms with E-state index in [-0.39, 0.29) is 0 Å². The van der Waals surface area contributed by atoms with Gasteiger partial charge in [0.05, 0.1) is 11.6 Å². The fourth-order valence-electron chi connectivity index (χ4n) is 4.02. The van der Waals surface area contributed by atoms with E-state index >= 15 is 0 Å². The van der Waals surface area contributed by atoms with E-state index in [0.29, 0.717) is 17.2 Å². The zero-order valence-electron chi connectivity index (χ0n) is 17.8. The molecule has 1 aromatic heterocycles. The molecule has 0 atom stereocenters. The summed E-state index contributed by atoms with van der Waals surface area (Å²) in [6.07, 6.45) is 0. The molecule has 4 aromatic carbocycles. The van der Waals surface area contributed by atoms with Crippen LogP contribution in [0.15, 0.2) is 93.3 Å². The number of furan rings is 1. The van der Waals surface area contributed by atoms with Crippen LogP contribution in [0.1, 0.15) is 16.7 Å². The van der Waals surface area contributed by atoms with Gasteiger partial charge in [0.25, 0.3) is 0 Å². The zero-order valence-corrected chi connectivity index (χ0v) is 17.8. The highest BCUT2D eigenvalue weighted by molar-refractivity contribution is 6.23. The van der Waals surface area contributed by atoms with Crippen molar-refractivity contribution in [2.75, 3.05) is 14.1 Å². The Labute approximate surface area is 185 Å². The molecule has 0 radical (unpaired) electrons. The van der Waals surface area contributed by atoms with E-state index in [2.05, 4.69) is 45.6 Å². The lowest BCUT2D eigenvalue weighted by molar-refractivity contribution is 0.669. The molecule has 5 rings (SSSR count). The van der Waals surface area contributed by atoms with Crippen molar-refractivity contribution in [3.8, 4) is 6.07 Å². The van der Waals surface area contributed by atoms with Crippen LogP contribution in [0.25, 0.3) is 32.7 Å². The van der Waals surface area contributed by atoms with Gasteiger partial charge < -0.3 is 9.73 Å². The quantitative estimate of drug-likeness (QED) is 0.298. The normalized spacial score (nSPS) is 12.4. The molecule has 1 heterocycles. The maximum absolute atomic E-state index is 9.07. The minimum absolute atomic E-state index is 0.607. The first-order chi connectivity index (χ1) is 15.7. The van der Waals surface area contributed by atoms with Gasteiger partial charge in [-0.25, -0.2) is 0 Å². The Morgan fingerprint density at radius 1 is 0.812 bits per heavy atom. The Morgan fingerprint density at radius 2 is 1.53 bits per heavy atom. The van der Waals surface area contributed by atoms with Crippen molar-refractivity contribution in [2.24, 2.45) is 9.98 Å². The van der Waals surface area contributed by atoms with E-state index in [1.807, 2.05) is 42.5 Å². The van der Waals surface area contributed by atoms with Crippen LogP contribution >= 0.6 is 0 Å². The van der Waals surface area contributed by atoms with Gasteiger partial charge in [-0.3, -0.25) is 9.98 Å². The summed E-state index contributed by atoms with van der Waals surface area (Å²) in [5, 5.41) is 16.8. The van der Waals surface area contributed by atoms with E-state index in [4.69, 9.17) is 9.68 Å². The molecule has 0 spiro atoms. The average Bonchev–Trinajstić information content (AvgIpc) is 3.21. The van der Waals surface area contributed by atoms with Gasteiger partial charge in [-0.05, 0) is 53.2 Å². The molecule has 0 fully saturated rings. The van der Waals surface area contributed by atoms with Gasteiger partial charge in [-0.2, -0.15) is 5.26 Å². The molecule has 0 saturated heterocycles. The standard InChI is InChI=1S/C27H20N4O/c1-29-26(18-12-10-17(16-28)11-13-18)31-27(30-2)21-8-5-9-23-25(21)22-14-19-6-3-4-7-20(19)15-24(22)32-23/h3-15H,1-2H3,(H,29,30,31). The van der Waals surface area contributed by atoms with Crippen molar-refractivity contribution in [2.45, 2.75) is 0 Å². The van der Waals surface area contributed by atoms with Crippen molar-refractivity contribution in [1.82, 2.24) is 5.32 Å². The van der Waals surface area contributed by atoms with Crippen LogP contribution in [-0.4, -0.2) is 25.8 Å². The second-order valence-corrected chi connectivity index (χ2v) is 7.43. The van der Waals surface area contributed by atoms with E-state index in [1.54, 1.807) is 26.2 Å². The van der Waals surface area contributed by atoms with Crippen molar-refractivity contribution >= 4 is 44.4 Å². The highest BCUT2D eigenvalue weighted by Crippen LogP contribution is 2.34. The molecule has 1 N–H and O–H groups in total. The summed E-state index contributed by atoms with van der Waals surface area (Å²) in [5.41, 5.74) is 4.08. The number of amidine groups is 2. The summed E-state index contributed by atoms with van der Waals surface area (Å²) in [5.74, 6) is 1.36. The fraction of sp³-hybridized carbons (Fsp3) is 0.0741. The molecule has 0 bridgehead atoms. The summed E-state index contributed by atoms with van der Waals surface area (Å²) in [7, 11) is 3.48. The second kappa shape index (κ2) is 8.01. The van der Waals surface area contributed by atoms with Crippen molar-refractivity contribution in [1.29, 1.82) is 5.26 Å². The second-order valence-electron chi connectivity index (χ2n) is 7.43. The molecular formula is C27H20N4O. The molecule has 154 valence electrons. The molecule has 5 aromatic rings. The van der Waals surface area contributed by atoms with Crippen LogP contribution in [0.3, 0.4) is 0 Å². The zero-order chi connectivity index (χ0) is 22.1. The number of nitrogens with zero attached hydrogens (tertiary/aromatic N) is 3. The Kier molecular flexibility index (Phi) is 4.89. The van der Waals surface area contributed by atoms with Crippen LogP contribution in [0, 0.1) is 11.3 Å². The van der Waals surface area contributed by atoms with Gasteiger partial charge in [0.15, 0.2) is 0 Å². The summed E-state index contributed by atoms with van der Waals surface area (Å²) < 4.78 is 6.19. The molecule has 5 nitrogen and oxygen atoms in total. The first-order valence-corrected chi connectivity index (χ1v) is 10.3. The monoisotopic (exact) mass is 416 g/mol. The van der Waals surface area contributed by atoms with Crippen LogP contribution < -0.4 is 5.32 Å². The maximum atomic E-state index is 9.07. The highest BCUT2D eigenvalue weighted by atomic mass is 16.3. The van der Waals surface area contributed by atoms with Crippen molar-refractivity contribution < 1.29 is 4.42 Å². The lowest BCUT2D eigenvalue weighted by Crippen LogP contribution is -2.32. The van der Waals surface area contributed by atoms with Gasteiger partial charge in [0, 0.05) is 36.0 Å². The summed E-state index contributed by atoms with van der Waals surface area (Å²) in [6.45, 7) is 0. The SMILES string of the molecule is CN=C(NC(=NC)c1cccc2oc3cc4ccccc4cc3c12)c1ccc(C#N)cc1. The Balaban J connectivity index is 1.63. The molecular weight excluding hydrogens is 396 g/mol. The molecule has 0 aliphatic carbocycles. The number of nitrogens with one attached hydrogen (secondary N) is 1. The number of hydrogen-bond donors (Lipinski definition) is 1. The van der Waals surface area contributed by atoms with Crippen LogP contribution in [0.2, 0.25) is 0 Å². The van der Waals surface area contributed by atoms with Crippen LogP contribution in [0.4, 0.5) is 0 Å². The van der Waals surface area contributed by atoms with Crippen molar-refractivity contribution in [3.63, 3.8) is 0 Å². The van der Waals surface area contributed by atoms with Crippen LogP contribution in [0.5, 0.6) is 0 Å². The predicted octanol–water partition coefficient (Wildman–Crippen LogP) is 5.65. The molecule has 32 heavy (non-hydrogen) atoms. The fourth-order valence-corrected chi connectivity index (χ4v) is 4.02. The van der Waals surface area contributed by atoms with Gasteiger partial charge in [0.1, 0.15) is 22.8 Å². The number of nitriles is 1. The number of aliphatic imine (C=N–C) groups is 2. The number of fused-ring (bicyclic) bond motifs is 4. The number of benzene rings is 4. The van der Waals surface area contributed by atoms with Gasteiger partial charge in [-0.1, -0.05) is 36.4 Å². The molecule has 0 aliphatic heterocycles. The maximum Gasteiger partial charge on any atom is 0.136 e. The molecule has 0 saturated carbocycles. The Morgan fingerprint density at radius 3 is 2.22 bits per heavy atom. The lowest BCUT2D eigenvalue weighted by Gasteiger charge is -2.13. The van der Waals surface area contributed by atoms with Crippen LogP contribution in [-0.2, 0) is 0 Å². The van der Waals surface area contributed by atoms with E-state index < -0.39 is 0 Å². The third kappa shape index (κ3) is 3.28. The molecule has 5 heteroatoms. The smallest absolute Gasteiger partial charge is 0.136 e. The number of hydrogen-bond acceptors (Lipinski definition) is 4. The van der Waals surface area contributed by atoms with Gasteiger partial charge in [0.2, 0.25) is 0 Å². The summed E-state index contributed by atoms with van der Waals surface area (Å²) in [6, 6.07) is 28.0. The first kappa shape index (κ1) is 19.5. The molecule has 0 unspecified atom stereocenters. The minimum Gasteiger partial charge on any atom is -0.456 e. The summed E-state index contributed by atoms with van der Waals surface area (Å²) >= 11 is 0. The van der Waals surface area contributed by atoms with Gasteiger partial charge >= 0.3 is 0 Å². The third-order valence-electron chi connectivity index (χ3n) is 5.59. The summed E-state index contributed by atoms with van der Waals surface area (Å²) in [4.78, 5) is 8.95. The Hall–Kier alpha value is -4.43. The van der Waals surface area contributed by atoms with Gasteiger partial charge in [-0.15, -0.1) is 0 Å². The Bertz CT molecular complexity index is 1570. The van der Waals surface area contributed by atoms with E-state index in [9.17, 15) is 0 Å². The topological polar surface area (TPSA) is 73.7 Å². The molecule has 0 aliphatic rings. The minimum atomic E-state index is 0.607. The molecule has 0 amide bonds.